The highest BCUT2D eigenvalue weighted by Crippen LogP contribution is 2.31. The van der Waals surface area contributed by atoms with Crippen LogP contribution in [0.1, 0.15) is 5.56 Å². The van der Waals surface area contributed by atoms with E-state index in [-0.39, 0.29) is 5.12 Å². The van der Waals surface area contributed by atoms with Gasteiger partial charge in [-0.2, -0.15) is 0 Å². The molecular weight excluding hydrogens is 278 g/mol. The fraction of sp³-hybridized carbons (Fsp3) is 0.143. The number of carbonyl (C=O) groups excluding carboxylic acids is 1. The number of thioether (sulfide) groups is 2. The van der Waals surface area contributed by atoms with Gasteiger partial charge in [-0.3, -0.25) is 4.79 Å². The molecule has 1 aromatic rings. The highest BCUT2D eigenvalue weighted by atomic mass is 32.2. The Labute approximate surface area is 120 Å². The predicted octanol–water partition coefficient (Wildman–Crippen LogP) is 3.58. The van der Waals surface area contributed by atoms with Crippen LogP contribution in [-0.2, 0) is 4.79 Å². The minimum Gasteiger partial charge on any atom is -0.497 e. The molecular formula is C14H13NO2S2. The van der Waals surface area contributed by atoms with E-state index in [1.165, 1.54) is 23.5 Å². The van der Waals surface area contributed by atoms with Gasteiger partial charge >= 0.3 is 0 Å². The highest BCUT2D eigenvalue weighted by molar-refractivity contribution is 8.45. The first kappa shape index (κ1) is 14.0. The number of aliphatic imine (C=N–C) groups is 1. The van der Waals surface area contributed by atoms with E-state index in [2.05, 4.69) is 11.6 Å². The molecule has 0 aromatic heterocycles. The second kappa shape index (κ2) is 6.63. The van der Waals surface area contributed by atoms with Gasteiger partial charge in [0.25, 0.3) is 0 Å². The molecule has 0 N–H and O–H groups in total. The first-order valence-corrected chi connectivity index (χ1v) is 7.43. The molecule has 0 spiro atoms. The molecule has 3 nitrogen and oxygen atoms in total. The molecule has 0 fully saturated rings. The SMILES string of the molecule is C=CCSC1=NC(=Cc2cccc(OC)c2)C(=O)S1. The van der Waals surface area contributed by atoms with Gasteiger partial charge < -0.3 is 4.74 Å². The van der Waals surface area contributed by atoms with Crippen LogP contribution < -0.4 is 4.74 Å². The molecule has 0 saturated carbocycles. The van der Waals surface area contributed by atoms with Gasteiger partial charge in [-0.15, -0.1) is 6.58 Å². The first-order chi connectivity index (χ1) is 9.22. The molecule has 0 amide bonds. The largest absolute Gasteiger partial charge is 0.497 e. The average molecular weight is 291 g/mol. The van der Waals surface area contributed by atoms with E-state index in [4.69, 9.17) is 4.74 Å². The van der Waals surface area contributed by atoms with Crippen molar-refractivity contribution >= 4 is 39.1 Å². The van der Waals surface area contributed by atoms with Crippen molar-refractivity contribution in [3.63, 3.8) is 0 Å². The Bertz CT molecular complexity index is 564. The minimum absolute atomic E-state index is 0.0191. The van der Waals surface area contributed by atoms with E-state index in [0.29, 0.717) is 5.70 Å². The van der Waals surface area contributed by atoms with Gasteiger partial charge in [0.1, 0.15) is 15.8 Å². The summed E-state index contributed by atoms with van der Waals surface area (Å²) in [5.74, 6) is 1.52. The van der Waals surface area contributed by atoms with Crippen molar-refractivity contribution < 1.29 is 9.53 Å². The maximum Gasteiger partial charge on any atom is 0.244 e. The van der Waals surface area contributed by atoms with Gasteiger partial charge in [-0.05, 0) is 35.5 Å². The van der Waals surface area contributed by atoms with E-state index < -0.39 is 0 Å². The lowest BCUT2D eigenvalue weighted by atomic mass is 10.2. The van der Waals surface area contributed by atoms with Crippen molar-refractivity contribution in [2.75, 3.05) is 12.9 Å². The molecule has 1 heterocycles. The van der Waals surface area contributed by atoms with Crippen LogP contribution in [0.25, 0.3) is 6.08 Å². The summed E-state index contributed by atoms with van der Waals surface area (Å²) in [5.41, 5.74) is 1.38. The standard InChI is InChI=1S/C14H13NO2S2/c1-3-7-18-14-15-12(13(16)19-14)9-10-5-4-6-11(8-10)17-2/h3-6,8-9H,1,7H2,2H3. The quantitative estimate of drug-likeness (QED) is 0.628. The number of hydrogen-bond acceptors (Lipinski definition) is 5. The van der Waals surface area contributed by atoms with E-state index in [0.717, 1.165) is 21.4 Å². The predicted molar refractivity (Wildman–Crippen MR) is 83.7 cm³/mol. The maximum atomic E-state index is 11.8. The molecule has 0 aliphatic carbocycles. The number of carbonyl (C=O) groups is 1. The van der Waals surface area contributed by atoms with Crippen LogP contribution in [0.15, 0.2) is 47.6 Å². The van der Waals surface area contributed by atoms with Gasteiger partial charge in [0.2, 0.25) is 5.12 Å². The molecule has 5 heteroatoms. The fourth-order valence-electron chi connectivity index (χ4n) is 1.47. The topological polar surface area (TPSA) is 38.7 Å². The number of hydrogen-bond donors (Lipinski definition) is 0. The summed E-state index contributed by atoms with van der Waals surface area (Å²) in [6.07, 6.45) is 3.57. The average Bonchev–Trinajstić information content (AvgIpc) is 2.77. The normalized spacial score (nSPS) is 16.6. The van der Waals surface area contributed by atoms with E-state index in [1.807, 2.05) is 24.3 Å². The van der Waals surface area contributed by atoms with Crippen LogP contribution in [0.4, 0.5) is 0 Å². The number of methoxy groups -OCH3 is 1. The third-order valence-electron chi connectivity index (χ3n) is 2.32. The van der Waals surface area contributed by atoms with Crippen LogP contribution in [0.2, 0.25) is 0 Å². The summed E-state index contributed by atoms with van der Waals surface area (Å²) in [5, 5.41) is -0.0191. The van der Waals surface area contributed by atoms with Gasteiger partial charge in [0, 0.05) is 5.75 Å². The van der Waals surface area contributed by atoms with Crippen molar-refractivity contribution in [1.82, 2.24) is 0 Å². The van der Waals surface area contributed by atoms with Crippen LogP contribution in [0.5, 0.6) is 5.75 Å². The Morgan fingerprint density at radius 2 is 2.37 bits per heavy atom. The Morgan fingerprint density at radius 3 is 3.11 bits per heavy atom. The summed E-state index contributed by atoms with van der Waals surface area (Å²) in [7, 11) is 1.62. The zero-order chi connectivity index (χ0) is 13.7. The van der Waals surface area contributed by atoms with Crippen LogP contribution in [-0.4, -0.2) is 22.4 Å². The van der Waals surface area contributed by atoms with Crippen LogP contribution in [0, 0.1) is 0 Å². The van der Waals surface area contributed by atoms with Crippen LogP contribution in [0.3, 0.4) is 0 Å². The van der Waals surface area contributed by atoms with Crippen molar-refractivity contribution in [2.24, 2.45) is 4.99 Å². The van der Waals surface area contributed by atoms with Crippen molar-refractivity contribution in [3.05, 3.63) is 48.2 Å². The Balaban J connectivity index is 2.19. The van der Waals surface area contributed by atoms with Gasteiger partial charge in [-0.1, -0.05) is 30.0 Å². The van der Waals surface area contributed by atoms with E-state index in [9.17, 15) is 4.79 Å². The Morgan fingerprint density at radius 1 is 1.53 bits per heavy atom. The molecule has 98 valence electrons. The lowest BCUT2D eigenvalue weighted by Crippen LogP contribution is -1.88. The monoisotopic (exact) mass is 291 g/mol. The molecule has 1 aliphatic rings. The van der Waals surface area contributed by atoms with E-state index >= 15 is 0 Å². The second-order valence-corrected chi connectivity index (χ2v) is 5.90. The molecule has 0 saturated heterocycles. The van der Waals surface area contributed by atoms with Crippen molar-refractivity contribution in [2.45, 2.75) is 0 Å². The molecule has 2 rings (SSSR count). The Hall–Kier alpha value is -1.46. The Kier molecular flexibility index (Phi) is 4.87. The lowest BCUT2D eigenvalue weighted by molar-refractivity contribution is -0.107. The van der Waals surface area contributed by atoms with Gasteiger partial charge in [0.15, 0.2) is 0 Å². The first-order valence-electron chi connectivity index (χ1n) is 5.63. The maximum absolute atomic E-state index is 11.8. The molecule has 1 aliphatic heterocycles. The number of rotatable bonds is 4. The summed E-state index contributed by atoms with van der Waals surface area (Å²) in [6, 6.07) is 7.53. The van der Waals surface area contributed by atoms with Crippen molar-refractivity contribution in [1.29, 1.82) is 0 Å². The van der Waals surface area contributed by atoms with Gasteiger partial charge in [-0.25, -0.2) is 4.99 Å². The smallest absolute Gasteiger partial charge is 0.244 e. The van der Waals surface area contributed by atoms with E-state index in [1.54, 1.807) is 19.3 Å². The molecule has 0 atom stereocenters. The minimum atomic E-state index is -0.0191. The van der Waals surface area contributed by atoms with Crippen molar-refractivity contribution in [3.8, 4) is 5.75 Å². The summed E-state index contributed by atoms with van der Waals surface area (Å²) < 4.78 is 5.93. The molecule has 1 aromatic carbocycles. The molecule has 0 bridgehead atoms. The highest BCUT2D eigenvalue weighted by Gasteiger charge is 2.21. The second-order valence-electron chi connectivity index (χ2n) is 3.67. The zero-order valence-corrected chi connectivity index (χ0v) is 12.1. The fourth-order valence-corrected chi connectivity index (χ4v) is 3.07. The lowest BCUT2D eigenvalue weighted by Gasteiger charge is -2.00. The molecule has 0 unspecified atom stereocenters. The molecule has 0 radical (unpaired) electrons. The summed E-state index contributed by atoms with van der Waals surface area (Å²) in [6.45, 7) is 3.65. The number of ether oxygens (including phenoxy) is 1. The third-order valence-corrected chi connectivity index (χ3v) is 4.33. The summed E-state index contributed by atoms with van der Waals surface area (Å²) >= 11 is 2.69. The number of benzene rings is 1. The number of nitrogens with zero attached hydrogens (tertiary/aromatic N) is 1. The van der Waals surface area contributed by atoms with Crippen LogP contribution >= 0.6 is 23.5 Å². The summed E-state index contributed by atoms with van der Waals surface area (Å²) in [4.78, 5) is 16.1. The third kappa shape index (κ3) is 3.75. The molecule has 19 heavy (non-hydrogen) atoms. The van der Waals surface area contributed by atoms with Gasteiger partial charge in [0.05, 0.1) is 7.11 Å². The zero-order valence-electron chi connectivity index (χ0n) is 10.5.